The zero-order valence-corrected chi connectivity index (χ0v) is 11.6. The van der Waals surface area contributed by atoms with Crippen LogP contribution in [0.15, 0.2) is 30.6 Å². The van der Waals surface area contributed by atoms with Crippen LogP contribution in [0.5, 0.6) is 0 Å². The number of hydrogen-bond donors (Lipinski definition) is 2. The molecule has 116 valence electrons. The maximum Gasteiger partial charge on any atom is 0.417 e. The highest BCUT2D eigenvalue weighted by molar-refractivity contribution is 6.31. The lowest BCUT2D eigenvalue weighted by Crippen LogP contribution is -2.17. The second-order valence-electron chi connectivity index (χ2n) is 4.16. The van der Waals surface area contributed by atoms with Crippen LogP contribution in [0.25, 0.3) is 0 Å². The number of nitrogens with zero attached hydrogens (tertiary/aromatic N) is 2. The number of hydrogen-bond acceptors (Lipinski definition) is 4. The first kappa shape index (κ1) is 16.2. The van der Waals surface area contributed by atoms with Gasteiger partial charge in [0.25, 0.3) is 5.91 Å². The Morgan fingerprint density at radius 2 is 1.95 bits per heavy atom. The molecule has 0 radical (unpaired) electrons. The Morgan fingerprint density at radius 3 is 2.59 bits per heavy atom. The number of nitrogens with one attached hydrogen (secondary N) is 1. The van der Waals surface area contributed by atoms with Crippen LogP contribution in [0.2, 0.25) is 5.02 Å². The van der Waals surface area contributed by atoms with Gasteiger partial charge in [-0.15, -0.1) is 0 Å². The van der Waals surface area contributed by atoms with Gasteiger partial charge in [0, 0.05) is 18.1 Å². The van der Waals surface area contributed by atoms with Crippen LogP contribution in [-0.4, -0.2) is 21.0 Å². The summed E-state index contributed by atoms with van der Waals surface area (Å²) in [6.45, 7) is -0.523. The Morgan fingerprint density at radius 1 is 1.27 bits per heavy atom. The van der Waals surface area contributed by atoms with Gasteiger partial charge < -0.3 is 10.4 Å². The minimum atomic E-state index is -4.64. The van der Waals surface area contributed by atoms with E-state index in [1.165, 1.54) is 18.5 Å². The Kier molecular flexibility index (Phi) is 4.62. The fourth-order valence-electron chi connectivity index (χ4n) is 1.68. The summed E-state index contributed by atoms with van der Waals surface area (Å²) in [4.78, 5) is 19.5. The van der Waals surface area contributed by atoms with Gasteiger partial charge in [-0.3, -0.25) is 9.78 Å². The quantitative estimate of drug-likeness (QED) is 0.907. The van der Waals surface area contributed by atoms with Crippen molar-refractivity contribution in [3.05, 3.63) is 52.6 Å². The summed E-state index contributed by atoms with van der Waals surface area (Å²) >= 11 is 5.49. The molecule has 1 aromatic carbocycles. The summed E-state index contributed by atoms with van der Waals surface area (Å²) in [5.74, 6) is -0.785. The molecule has 1 amide bonds. The van der Waals surface area contributed by atoms with Crippen LogP contribution >= 0.6 is 11.6 Å². The Balaban J connectivity index is 2.29. The van der Waals surface area contributed by atoms with E-state index in [1.807, 2.05) is 0 Å². The third kappa shape index (κ3) is 3.52. The van der Waals surface area contributed by atoms with E-state index in [2.05, 4.69) is 15.3 Å². The van der Waals surface area contributed by atoms with Crippen LogP contribution in [0, 0.1) is 0 Å². The monoisotopic (exact) mass is 331 g/mol. The fraction of sp³-hybridized carbons (Fsp3) is 0.154. The molecule has 0 atom stereocenters. The van der Waals surface area contributed by atoms with Crippen LogP contribution in [0.1, 0.15) is 21.7 Å². The molecule has 0 aliphatic carbocycles. The van der Waals surface area contributed by atoms with E-state index in [0.29, 0.717) is 0 Å². The second-order valence-corrected chi connectivity index (χ2v) is 4.56. The molecule has 1 aromatic heterocycles. The molecule has 5 nitrogen and oxygen atoms in total. The predicted molar refractivity (Wildman–Crippen MR) is 72.4 cm³/mol. The SMILES string of the molecule is O=C(Nc1ccc(Cl)c(C(F)(F)F)c1)c1nccnc1CO. The van der Waals surface area contributed by atoms with E-state index in [9.17, 15) is 18.0 Å². The van der Waals surface area contributed by atoms with Crippen LogP contribution in [0.3, 0.4) is 0 Å². The number of rotatable bonds is 3. The third-order valence-corrected chi connectivity index (χ3v) is 3.00. The Labute approximate surface area is 127 Å². The van der Waals surface area contributed by atoms with Gasteiger partial charge in [0.1, 0.15) is 0 Å². The molecule has 2 N–H and O–H groups in total. The van der Waals surface area contributed by atoms with E-state index in [-0.39, 0.29) is 17.1 Å². The molecular weight excluding hydrogens is 323 g/mol. The summed E-state index contributed by atoms with van der Waals surface area (Å²) in [7, 11) is 0. The van der Waals surface area contributed by atoms with Crippen molar-refractivity contribution in [3.8, 4) is 0 Å². The summed E-state index contributed by atoms with van der Waals surface area (Å²) in [5.41, 5.74) is -1.32. The maximum absolute atomic E-state index is 12.8. The van der Waals surface area contributed by atoms with E-state index < -0.39 is 29.3 Å². The fourth-order valence-corrected chi connectivity index (χ4v) is 1.91. The number of aliphatic hydroxyl groups is 1. The maximum atomic E-state index is 12.8. The molecule has 0 saturated heterocycles. The van der Waals surface area contributed by atoms with Crippen molar-refractivity contribution in [2.75, 3.05) is 5.32 Å². The van der Waals surface area contributed by atoms with Crippen molar-refractivity contribution < 1.29 is 23.1 Å². The molecule has 0 aliphatic heterocycles. The van der Waals surface area contributed by atoms with Crippen molar-refractivity contribution in [1.29, 1.82) is 0 Å². The highest BCUT2D eigenvalue weighted by atomic mass is 35.5. The van der Waals surface area contributed by atoms with Gasteiger partial charge in [0.2, 0.25) is 0 Å². The van der Waals surface area contributed by atoms with Gasteiger partial charge in [-0.2, -0.15) is 13.2 Å². The minimum absolute atomic E-state index is 0.0185. The molecule has 0 aliphatic rings. The predicted octanol–water partition coefficient (Wildman–Crippen LogP) is 2.89. The third-order valence-electron chi connectivity index (χ3n) is 2.67. The Hall–Kier alpha value is -2.19. The molecular formula is C13H9ClF3N3O2. The van der Waals surface area contributed by atoms with Crippen molar-refractivity contribution in [3.63, 3.8) is 0 Å². The number of carbonyl (C=O) groups is 1. The lowest BCUT2D eigenvalue weighted by Gasteiger charge is -2.12. The first-order valence-electron chi connectivity index (χ1n) is 5.91. The van der Waals surface area contributed by atoms with E-state index in [1.54, 1.807) is 0 Å². The summed E-state index contributed by atoms with van der Waals surface area (Å²) in [6, 6.07) is 2.98. The first-order valence-corrected chi connectivity index (χ1v) is 6.29. The number of anilines is 1. The number of amides is 1. The van der Waals surface area contributed by atoms with E-state index >= 15 is 0 Å². The molecule has 1 heterocycles. The normalized spacial score (nSPS) is 11.3. The second kappa shape index (κ2) is 6.29. The van der Waals surface area contributed by atoms with Crippen LogP contribution < -0.4 is 5.32 Å². The molecule has 2 aromatic rings. The number of aromatic nitrogens is 2. The number of halogens is 4. The zero-order valence-electron chi connectivity index (χ0n) is 10.9. The molecule has 22 heavy (non-hydrogen) atoms. The zero-order chi connectivity index (χ0) is 16.3. The van der Waals surface area contributed by atoms with Crippen molar-refractivity contribution in [1.82, 2.24) is 9.97 Å². The smallest absolute Gasteiger partial charge is 0.390 e. The minimum Gasteiger partial charge on any atom is -0.390 e. The number of benzene rings is 1. The average Bonchev–Trinajstić information content (AvgIpc) is 2.48. The van der Waals surface area contributed by atoms with Gasteiger partial charge in [-0.25, -0.2) is 4.98 Å². The van der Waals surface area contributed by atoms with Gasteiger partial charge >= 0.3 is 6.18 Å². The average molecular weight is 332 g/mol. The largest absolute Gasteiger partial charge is 0.417 e. The van der Waals surface area contributed by atoms with Gasteiger partial charge in [0.05, 0.1) is 22.9 Å². The van der Waals surface area contributed by atoms with E-state index in [0.717, 1.165) is 12.1 Å². The Bertz CT molecular complexity index is 707. The highest BCUT2D eigenvalue weighted by Gasteiger charge is 2.33. The molecule has 9 heteroatoms. The van der Waals surface area contributed by atoms with Gasteiger partial charge in [-0.05, 0) is 18.2 Å². The highest BCUT2D eigenvalue weighted by Crippen LogP contribution is 2.36. The van der Waals surface area contributed by atoms with E-state index in [4.69, 9.17) is 16.7 Å². The molecule has 0 fully saturated rings. The van der Waals surface area contributed by atoms with Crippen LogP contribution in [0.4, 0.5) is 18.9 Å². The molecule has 2 rings (SSSR count). The van der Waals surface area contributed by atoms with Crippen molar-refractivity contribution in [2.45, 2.75) is 12.8 Å². The number of alkyl halides is 3. The first-order chi connectivity index (χ1) is 10.3. The summed E-state index contributed by atoms with van der Waals surface area (Å²) in [5, 5.41) is 10.9. The summed E-state index contributed by atoms with van der Waals surface area (Å²) < 4.78 is 38.3. The molecule has 0 unspecified atom stereocenters. The molecule has 0 saturated carbocycles. The van der Waals surface area contributed by atoms with Crippen molar-refractivity contribution in [2.24, 2.45) is 0 Å². The van der Waals surface area contributed by atoms with Gasteiger partial charge in [0.15, 0.2) is 5.69 Å². The number of carbonyl (C=O) groups excluding carboxylic acids is 1. The lowest BCUT2D eigenvalue weighted by atomic mass is 10.2. The standard InChI is InChI=1S/C13H9ClF3N3O2/c14-9-2-1-7(5-8(9)13(15,16)17)20-12(22)11-10(6-21)18-3-4-19-11/h1-5,21H,6H2,(H,20,22). The topological polar surface area (TPSA) is 75.1 Å². The van der Waals surface area contributed by atoms with Crippen LogP contribution in [-0.2, 0) is 12.8 Å². The van der Waals surface area contributed by atoms with Crippen molar-refractivity contribution >= 4 is 23.2 Å². The summed E-state index contributed by atoms with van der Waals surface area (Å²) in [6.07, 6.45) is -2.12. The molecule has 0 spiro atoms. The lowest BCUT2D eigenvalue weighted by molar-refractivity contribution is -0.137. The van der Waals surface area contributed by atoms with Gasteiger partial charge in [-0.1, -0.05) is 11.6 Å². The number of aliphatic hydroxyl groups excluding tert-OH is 1. The molecule has 0 bridgehead atoms.